The Morgan fingerprint density at radius 3 is 2.67 bits per heavy atom. The highest BCUT2D eigenvalue weighted by Crippen LogP contribution is 2.21. The molecule has 0 aliphatic heterocycles. The molecule has 2 N–H and O–H groups in total. The van der Waals surface area contributed by atoms with Gasteiger partial charge >= 0.3 is 5.97 Å². The van der Waals surface area contributed by atoms with Gasteiger partial charge in [-0.05, 0) is 24.3 Å². The van der Waals surface area contributed by atoms with Crippen molar-refractivity contribution in [3.8, 4) is 5.75 Å². The molecule has 0 aliphatic carbocycles. The van der Waals surface area contributed by atoms with Crippen molar-refractivity contribution >= 4 is 23.3 Å². The molecule has 0 radical (unpaired) electrons. The molecule has 0 saturated heterocycles. The molecule has 0 aliphatic rings. The summed E-state index contributed by atoms with van der Waals surface area (Å²) in [5, 5.41) is 22.0. The highest BCUT2D eigenvalue weighted by atomic mass is 19.1. The quantitative estimate of drug-likeness (QED) is 0.492. The molecule has 0 fully saturated rings. The second-order valence-electron chi connectivity index (χ2n) is 4.60. The van der Waals surface area contributed by atoms with Gasteiger partial charge in [-0.25, -0.2) is 9.18 Å². The van der Waals surface area contributed by atoms with E-state index in [2.05, 4.69) is 5.32 Å². The van der Waals surface area contributed by atoms with Gasteiger partial charge in [-0.2, -0.15) is 0 Å². The van der Waals surface area contributed by atoms with Crippen LogP contribution in [0.2, 0.25) is 0 Å². The van der Waals surface area contributed by atoms with E-state index in [0.29, 0.717) is 0 Å². The maximum atomic E-state index is 13.5. The third-order valence-corrected chi connectivity index (χ3v) is 2.85. The van der Waals surface area contributed by atoms with E-state index in [1.165, 1.54) is 18.2 Å². The minimum absolute atomic E-state index is 0.0318. The Morgan fingerprint density at radius 1 is 1.25 bits per heavy atom. The summed E-state index contributed by atoms with van der Waals surface area (Å²) in [5.41, 5.74) is -0.768. The molecule has 9 heteroatoms. The van der Waals surface area contributed by atoms with Crippen molar-refractivity contribution in [2.24, 2.45) is 0 Å². The van der Waals surface area contributed by atoms with Crippen molar-refractivity contribution in [2.45, 2.75) is 0 Å². The van der Waals surface area contributed by atoms with Gasteiger partial charge in [-0.15, -0.1) is 0 Å². The van der Waals surface area contributed by atoms with Crippen LogP contribution in [0.3, 0.4) is 0 Å². The number of nitro groups is 1. The standard InChI is InChI=1S/C15H11FN2O6/c16-12-5-4-10(18(22)23)7-13(12)17-14(20)8-24-15(21)9-2-1-3-11(19)6-9/h1-7,19H,8H2,(H,17,20). The Bertz CT molecular complexity index is 808. The van der Waals surface area contributed by atoms with Gasteiger partial charge in [0.15, 0.2) is 6.61 Å². The van der Waals surface area contributed by atoms with Crippen LogP contribution in [-0.2, 0) is 9.53 Å². The van der Waals surface area contributed by atoms with Crippen LogP contribution in [0.5, 0.6) is 5.75 Å². The molecule has 0 spiro atoms. The summed E-state index contributed by atoms with van der Waals surface area (Å²) < 4.78 is 18.2. The fraction of sp³-hybridized carbons (Fsp3) is 0.0667. The van der Waals surface area contributed by atoms with Crippen molar-refractivity contribution in [1.82, 2.24) is 0 Å². The summed E-state index contributed by atoms with van der Waals surface area (Å²) in [7, 11) is 0. The molecule has 0 atom stereocenters. The zero-order chi connectivity index (χ0) is 17.7. The number of rotatable bonds is 5. The maximum absolute atomic E-state index is 13.5. The number of esters is 1. The number of halogens is 1. The molecular weight excluding hydrogens is 323 g/mol. The molecule has 24 heavy (non-hydrogen) atoms. The molecule has 0 aromatic heterocycles. The first-order chi connectivity index (χ1) is 11.4. The minimum atomic E-state index is -0.872. The molecule has 0 heterocycles. The Morgan fingerprint density at radius 2 is 2.00 bits per heavy atom. The Hall–Kier alpha value is -3.49. The molecule has 0 saturated carbocycles. The van der Waals surface area contributed by atoms with E-state index in [9.17, 15) is 29.2 Å². The van der Waals surface area contributed by atoms with Crippen LogP contribution in [0.25, 0.3) is 0 Å². The van der Waals surface area contributed by atoms with Crippen LogP contribution in [0, 0.1) is 15.9 Å². The molecule has 2 aromatic carbocycles. The maximum Gasteiger partial charge on any atom is 0.338 e. The predicted octanol–water partition coefficient (Wildman–Crippen LogP) is 2.24. The number of anilines is 1. The van der Waals surface area contributed by atoms with Gasteiger partial charge in [-0.1, -0.05) is 6.07 Å². The van der Waals surface area contributed by atoms with Crippen molar-refractivity contribution in [1.29, 1.82) is 0 Å². The van der Waals surface area contributed by atoms with Crippen LogP contribution < -0.4 is 5.32 Å². The second-order valence-corrected chi connectivity index (χ2v) is 4.60. The second kappa shape index (κ2) is 7.18. The fourth-order valence-corrected chi connectivity index (χ4v) is 1.76. The zero-order valence-electron chi connectivity index (χ0n) is 12.1. The lowest BCUT2D eigenvalue weighted by atomic mass is 10.2. The van der Waals surface area contributed by atoms with E-state index >= 15 is 0 Å². The summed E-state index contributed by atoms with van der Waals surface area (Å²) in [6.45, 7) is -0.726. The number of phenolic OH excluding ortho intramolecular Hbond substituents is 1. The lowest BCUT2D eigenvalue weighted by Crippen LogP contribution is -2.21. The van der Waals surface area contributed by atoms with Crippen molar-refractivity contribution < 1.29 is 28.7 Å². The number of benzene rings is 2. The van der Waals surface area contributed by atoms with Crippen LogP contribution in [0.1, 0.15) is 10.4 Å². The summed E-state index contributed by atoms with van der Waals surface area (Å²) in [6, 6.07) is 7.95. The highest BCUT2D eigenvalue weighted by Gasteiger charge is 2.15. The number of phenols is 1. The van der Waals surface area contributed by atoms with Gasteiger partial charge in [0.2, 0.25) is 0 Å². The van der Waals surface area contributed by atoms with Gasteiger partial charge in [0.1, 0.15) is 11.6 Å². The molecule has 0 bridgehead atoms. The number of nitrogens with one attached hydrogen (secondary N) is 1. The summed E-state index contributed by atoms with van der Waals surface area (Å²) in [4.78, 5) is 33.3. The molecule has 124 valence electrons. The van der Waals surface area contributed by atoms with Crippen LogP contribution >= 0.6 is 0 Å². The Kier molecular flexibility index (Phi) is 5.05. The number of non-ortho nitro benzene ring substituents is 1. The molecule has 0 unspecified atom stereocenters. The lowest BCUT2D eigenvalue weighted by Gasteiger charge is -2.07. The highest BCUT2D eigenvalue weighted by molar-refractivity contribution is 5.95. The Balaban J connectivity index is 1.97. The third-order valence-electron chi connectivity index (χ3n) is 2.85. The third kappa shape index (κ3) is 4.26. The lowest BCUT2D eigenvalue weighted by molar-refractivity contribution is -0.384. The van der Waals surface area contributed by atoms with Crippen LogP contribution in [0.15, 0.2) is 42.5 Å². The normalized spacial score (nSPS) is 10.0. The molecule has 2 rings (SSSR count). The van der Waals surface area contributed by atoms with E-state index in [0.717, 1.165) is 24.3 Å². The summed E-state index contributed by atoms with van der Waals surface area (Å²) in [6.07, 6.45) is 0. The SMILES string of the molecule is O=C(COC(=O)c1cccc(O)c1)Nc1cc([N+](=O)[O-])ccc1F. The molecule has 2 aromatic rings. The number of carbonyl (C=O) groups excluding carboxylic acids is 2. The van der Waals surface area contributed by atoms with Crippen molar-refractivity contribution in [3.05, 3.63) is 64.0 Å². The van der Waals surface area contributed by atoms with E-state index < -0.39 is 40.6 Å². The first kappa shape index (κ1) is 16.9. The fourth-order valence-electron chi connectivity index (χ4n) is 1.76. The monoisotopic (exact) mass is 334 g/mol. The molecular formula is C15H11FN2O6. The van der Waals surface area contributed by atoms with E-state index in [1.807, 2.05) is 0 Å². The van der Waals surface area contributed by atoms with Gasteiger partial charge < -0.3 is 15.2 Å². The van der Waals surface area contributed by atoms with Gasteiger partial charge in [0, 0.05) is 12.1 Å². The van der Waals surface area contributed by atoms with Crippen molar-refractivity contribution in [3.63, 3.8) is 0 Å². The first-order valence-corrected chi connectivity index (χ1v) is 6.57. The van der Waals surface area contributed by atoms with Gasteiger partial charge in [0.25, 0.3) is 11.6 Å². The topological polar surface area (TPSA) is 119 Å². The molecule has 1 amide bonds. The minimum Gasteiger partial charge on any atom is -0.508 e. The number of nitrogens with zero attached hydrogens (tertiary/aromatic N) is 1. The van der Waals surface area contributed by atoms with Crippen LogP contribution in [0.4, 0.5) is 15.8 Å². The average molecular weight is 334 g/mol. The summed E-state index contributed by atoms with van der Waals surface area (Å²) in [5.74, 6) is -2.75. The van der Waals surface area contributed by atoms with E-state index in [4.69, 9.17) is 4.74 Å². The largest absolute Gasteiger partial charge is 0.508 e. The van der Waals surface area contributed by atoms with E-state index in [-0.39, 0.29) is 11.3 Å². The van der Waals surface area contributed by atoms with Crippen molar-refractivity contribution in [2.75, 3.05) is 11.9 Å². The van der Waals surface area contributed by atoms with Gasteiger partial charge in [-0.3, -0.25) is 14.9 Å². The van der Waals surface area contributed by atoms with E-state index in [1.54, 1.807) is 0 Å². The average Bonchev–Trinajstić information content (AvgIpc) is 2.54. The number of amides is 1. The van der Waals surface area contributed by atoms with Crippen LogP contribution in [-0.4, -0.2) is 28.5 Å². The number of nitro benzene ring substituents is 1. The number of ether oxygens (including phenoxy) is 1. The zero-order valence-corrected chi connectivity index (χ0v) is 12.1. The first-order valence-electron chi connectivity index (χ1n) is 6.57. The number of aromatic hydroxyl groups is 1. The Labute approximate surface area is 134 Å². The number of hydrogen-bond acceptors (Lipinski definition) is 6. The van der Waals surface area contributed by atoms with Gasteiger partial charge in [0.05, 0.1) is 16.2 Å². The predicted molar refractivity (Wildman–Crippen MR) is 80.1 cm³/mol. The summed E-state index contributed by atoms with van der Waals surface area (Å²) >= 11 is 0. The smallest absolute Gasteiger partial charge is 0.338 e. The number of hydrogen-bond donors (Lipinski definition) is 2. The number of carbonyl (C=O) groups is 2. The molecule has 8 nitrogen and oxygen atoms in total.